The number of ether oxygens (including phenoxy) is 1. The van der Waals surface area contributed by atoms with Gasteiger partial charge in [0.1, 0.15) is 0 Å². The average molecular weight is 211 g/mol. The van der Waals surface area contributed by atoms with Crippen LogP contribution < -0.4 is 4.74 Å². The lowest BCUT2D eigenvalue weighted by atomic mass is 10.2. The lowest BCUT2D eigenvalue weighted by molar-refractivity contribution is -0.386. The normalized spacial score (nSPS) is 10.0. The van der Waals surface area contributed by atoms with Crippen molar-refractivity contribution in [3.63, 3.8) is 0 Å². The summed E-state index contributed by atoms with van der Waals surface area (Å²) in [6, 6.07) is 4.45. The molecule has 1 aromatic carbocycles. The van der Waals surface area contributed by atoms with Crippen LogP contribution in [-0.4, -0.2) is 16.6 Å². The highest BCUT2D eigenvalue weighted by atomic mass is 16.6. The van der Waals surface area contributed by atoms with Crippen LogP contribution in [0, 0.1) is 10.1 Å². The molecule has 0 heterocycles. The first-order chi connectivity index (χ1) is 7.19. The Hall–Kier alpha value is -1.62. The van der Waals surface area contributed by atoms with Gasteiger partial charge in [0.05, 0.1) is 18.1 Å². The van der Waals surface area contributed by atoms with Crippen molar-refractivity contribution in [2.24, 2.45) is 0 Å². The first kappa shape index (κ1) is 11.5. The molecule has 1 aromatic rings. The van der Waals surface area contributed by atoms with E-state index in [2.05, 4.69) is 0 Å². The third kappa shape index (κ3) is 2.92. The van der Waals surface area contributed by atoms with Crippen molar-refractivity contribution in [3.8, 4) is 5.75 Å². The van der Waals surface area contributed by atoms with Crippen LogP contribution in [0.15, 0.2) is 18.2 Å². The molecule has 0 saturated heterocycles. The number of hydrogen-bond acceptors (Lipinski definition) is 4. The monoisotopic (exact) mass is 211 g/mol. The number of nitrogens with zero attached hydrogens (tertiary/aromatic N) is 1. The summed E-state index contributed by atoms with van der Waals surface area (Å²) in [5.41, 5.74) is 0.403. The number of nitro groups is 1. The summed E-state index contributed by atoms with van der Waals surface area (Å²) < 4.78 is 5.22. The summed E-state index contributed by atoms with van der Waals surface area (Å²) in [7, 11) is 0. The van der Waals surface area contributed by atoms with Crippen LogP contribution in [0.3, 0.4) is 0 Å². The van der Waals surface area contributed by atoms with Crippen LogP contribution in [0.2, 0.25) is 0 Å². The van der Waals surface area contributed by atoms with Gasteiger partial charge in [0.2, 0.25) is 0 Å². The fourth-order valence-electron chi connectivity index (χ4n) is 1.14. The molecule has 0 aliphatic carbocycles. The average Bonchev–Trinajstić information content (AvgIpc) is 2.26. The largest absolute Gasteiger partial charge is 0.487 e. The second kappa shape index (κ2) is 5.31. The van der Waals surface area contributed by atoms with Crippen molar-refractivity contribution in [1.82, 2.24) is 0 Å². The predicted octanol–water partition coefficient (Wildman–Crippen LogP) is 1.88. The number of nitro benzene ring substituents is 1. The topological polar surface area (TPSA) is 72.6 Å². The Kier molecular flexibility index (Phi) is 4.05. The van der Waals surface area contributed by atoms with Gasteiger partial charge < -0.3 is 9.84 Å². The van der Waals surface area contributed by atoms with Gasteiger partial charge in [0.15, 0.2) is 5.75 Å². The molecule has 0 spiro atoms. The fourth-order valence-corrected chi connectivity index (χ4v) is 1.14. The SMILES string of the molecule is CCCOc1ccc(CO)cc1[N+](=O)[O-]. The van der Waals surface area contributed by atoms with E-state index in [9.17, 15) is 10.1 Å². The van der Waals surface area contributed by atoms with E-state index >= 15 is 0 Å². The van der Waals surface area contributed by atoms with E-state index in [1.165, 1.54) is 12.1 Å². The molecule has 0 saturated carbocycles. The Morgan fingerprint density at radius 3 is 2.80 bits per heavy atom. The fraction of sp³-hybridized carbons (Fsp3) is 0.400. The maximum absolute atomic E-state index is 10.7. The molecule has 0 aromatic heterocycles. The minimum atomic E-state index is -0.510. The van der Waals surface area contributed by atoms with Crippen LogP contribution in [0.1, 0.15) is 18.9 Å². The zero-order valence-electron chi connectivity index (χ0n) is 8.47. The van der Waals surface area contributed by atoms with Gasteiger partial charge >= 0.3 is 5.69 Å². The Labute approximate surface area is 87.5 Å². The van der Waals surface area contributed by atoms with Crippen molar-refractivity contribution in [2.75, 3.05) is 6.61 Å². The van der Waals surface area contributed by atoms with Crippen molar-refractivity contribution in [2.45, 2.75) is 20.0 Å². The minimum absolute atomic E-state index is 0.102. The number of rotatable bonds is 5. The highest BCUT2D eigenvalue weighted by molar-refractivity contribution is 5.48. The van der Waals surface area contributed by atoms with Gasteiger partial charge in [-0.25, -0.2) is 0 Å². The van der Waals surface area contributed by atoms with Gasteiger partial charge in [-0.15, -0.1) is 0 Å². The quantitative estimate of drug-likeness (QED) is 0.596. The predicted molar refractivity (Wildman–Crippen MR) is 54.8 cm³/mol. The summed E-state index contributed by atoms with van der Waals surface area (Å²) in [4.78, 5) is 10.2. The van der Waals surface area contributed by atoms with Crippen molar-refractivity contribution in [1.29, 1.82) is 0 Å². The standard InChI is InChI=1S/C10H13NO4/c1-2-5-15-10-4-3-8(7-12)6-9(10)11(13)14/h3-4,6,12H,2,5,7H2,1H3. The minimum Gasteiger partial charge on any atom is -0.487 e. The second-order valence-corrected chi connectivity index (χ2v) is 3.07. The van der Waals surface area contributed by atoms with E-state index in [-0.39, 0.29) is 18.0 Å². The molecule has 0 atom stereocenters. The smallest absolute Gasteiger partial charge is 0.311 e. The molecule has 5 nitrogen and oxygen atoms in total. The van der Waals surface area contributed by atoms with E-state index in [1.54, 1.807) is 6.07 Å². The summed E-state index contributed by atoms with van der Waals surface area (Å²) in [5.74, 6) is 0.249. The van der Waals surface area contributed by atoms with Crippen molar-refractivity contribution >= 4 is 5.69 Å². The Morgan fingerprint density at radius 2 is 2.27 bits per heavy atom. The molecule has 0 amide bonds. The summed E-state index contributed by atoms with van der Waals surface area (Å²) >= 11 is 0. The molecule has 0 bridgehead atoms. The van der Waals surface area contributed by atoms with Crippen LogP contribution in [-0.2, 0) is 6.61 Å². The number of aliphatic hydroxyl groups excluding tert-OH is 1. The first-order valence-electron chi connectivity index (χ1n) is 4.70. The first-order valence-corrected chi connectivity index (χ1v) is 4.70. The Bertz CT molecular complexity index is 351. The van der Waals surface area contributed by atoms with Gasteiger partial charge in [0.25, 0.3) is 0 Å². The summed E-state index contributed by atoms with van der Waals surface area (Å²) in [6.45, 7) is 2.15. The van der Waals surface area contributed by atoms with Gasteiger partial charge in [-0.3, -0.25) is 10.1 Å². The molecule has 0 aliphatic rings. The van der Waals surface area contributed by atoms with E-state index in [1.807, 2.05) is 6.92 Å². The zero-order valence-corrected chi connectivity index (χ0v) is 8.47. The molecular weight excluding hydrogens is 198 g/mol. The lowest BCUT2D eigenvalue weighted by Crippen LogP contribution is -2.00. The van der Waals surface area contributed by atoms with Crippen molar-refractivity contribution < 1.29 is 14.8 Å². The molecule has 82 valence electrons. The molecular formula is C10H13NO4. The van der Waals surface area contributed by atoms with Gasteiger partial charge in [-0.2, -0.15) is 0 Å². The molecule has 1 rings (SSSR count). The van der Waals surface area contributed by atoms with Gasteiger partial charge in [-0.05, 0) is 18.1 Å². The lowest BCUT2D eigenvalue weighted by Gasteiger charge is -2.06. The number of aliphatic hydroxyl groups is 1. The molecule has 0 aliphatic heterocycles. The maximum atomic E-state index is 10.7. The number of hydrogen-bond donors (Lipinski definition) is 1. The second-order valence-electron chi connectivity index (χ2n) is 3.07. The van der Waals surface area contributed by atoms with E-state index in [0.717, 1.165) is 6.42 Å². The highest BCUT2D eigenvalue weighted by Crippen LogP contribution is 2.27. The van der Waals surface area contributed by atoms with Crippen LogP contribution in [0.25, 0.3) is 0 Å². The molecule has 5 heteroatoms. The summed E-state index contributed by atoms with van der Waals surface area (Å²) in [6.07, 6.45) is 0.791. The number of benzene rings is 1. The van der Waals surface area contributed by atoms with Crippen LogP contribution in [0.4, 0.5) is 5.69 Å². The van der Waals surface area contributed by atoms with E-state index in [4.69, 9.17) is 9.84 Å². The van der Waals surface area contributed by atoms with Crippen LogP contribution >= 0.6 is 0 Å². The third-order valence-corrected chi connectivity index (χ3v) is 1.86. The Morgan fingerprint density at radius 1 is 1.53 bits per heavy atom. The van der Waals surface area contributed by atoms with E-state index < -0.39 is 4.92 Å². The molecule has 0 unspecified atom stereocenters. The molecule has 0 fully saturated rings. The van der Waals surface area contributed by atoms with E-state index in [0.29, 0.717) is 12.2 Å². The summed E-state index contributed by atoms with van der Waals surface area (Å²) in [5, 5.41) is 19.5. The Balaban J connectivity index is 2.98. The van der Waals surface area contributed by atoms with Crippen molar-refractivity contribution in [3.05, 3.63) is 33.9 Å². The van der Waals surface area contributed by atoms with Gasteiger partial charge in [-0.1, -0.05) is 13.0 Å². The highest BCUT2D eigenvalue weighted by Gasteiger charge is 2.15. The molecule has 0 radical (unpaired) electrons. The molecule has 15 heavy (non-hydrogen) atoms. The maximum Gasteiger partial charge on any atom is 0.311 e. The van der Waals surface area contributed by atoms with Crippen LogP contribution in [0.5, 0.6) is 5.75 Å². The molecule has 1 N–H and O–H groups in total. The third-order valence-electron chi connectivity index (χ3n) is 1.86. The zero-order chi connectivity index (χ0) is 11.3. The van der Waals surface area contributed by atoms with Gasteiger partial charge in [0, 0.05) is 6.07 Å².